The van der Waals surface area contributed by atoms with Gasteiger partial charge in [-0.05, 0) is 47.2 Å². The molecule has 0 saturated heterocycles. The van der Waals surface area contributed by atoms with Gasteiger partial charge in [0.25, 0.3) is 40.5 Å². The Morgan fingerprint density at radius 1 is 0.550 bits per heavy atom. The van der Waals surface area contributed by atoms with Crippen molar-refractivity contribution in [3.8, 4) is 11.5 Å². The number of phenolic OH excluding ortho intramolecular Hbond substituents is 2. The van der Waals surface area contributed by atoms with Crippen molar-refractivity contribution >= 4 is 73.4 Å². The van der Waals surface area contributed by atoms with Crippen LogP contribution in [0.1, 0.15) is 0 Å². The Morgan fingerprint density at radius 2 is 1.10 bits per heavy atom. The van der Waals surface area contributed by atoms with E-state index < -0.39 is 88.0 Å². The Hall–Kier alpha value is -3.76. The molecule has 0 fully saturated rings. The molecule has 0 unspecified atom stereocenters. The van der Waals surface area contributed by atoms with E-state index in [2.05, 4.69) is 10.2 Å². The molecule has 4 aromatic rings. The van der Waals surface area contributed by atoms with E-state index in [-0.39, 0.29) is 16.5 Å². The van der Waals surface area contributed by atoms with Crippen molar-refractivity contribution in [2.75, 3.05) is 0 Å². The van der Waals surface area contributed by atoms with E-state index in [1.165, 1.54) is 0 Å². The number of azo groups is 1. The van der Waals surface area contributed by atoms with Crippen LogP contribution in [0.3, 0.4) is 0 Å². The van der Waals surface area contributed by atoms with E-state index >= 15 is 0 Å². The number of phenols is 2. The predicted octanol–water partition coefficient (Wildman–Crippen LogP) is 2.81. The third-order valence-electron chi connectivity index (χ3n) is 5.39. The molecule has 0 atom stereocenters. The van der Waals surface area contributed by atoms with Gasteiger partial charge in [-0.15, -0.1) is 5.11 Å². The third-order valence-corrected chi connectivity index (χ3v) is 8.82. The second kappa shape index (κ2) is 9.42. The minimum Gasteiger partial charge on any atom is -0.507 e. The Balaban J connectivity index is 1.97. The molecule has 0 bridgehead atoms. The number of benzene rings is 4. The van der Waals surface area contributed by atoms with Crippen LogP contribution in [0.4, 0.5) is 11.4 Å². The fourth-order valence-corrected chi connectivity index (χ4v) is 6.24. The highest BCUT2D eigenvalue weighted by Crippen LogP contribution is 2.45. The summed E-state index contributed by atoms with van der Waals surface area (Å²) >= 11 is 0. The molecule has 0 amide bonds. The summed E-state index contributed by atoms with van der Waals surface area (Å²) in [4.78, 5) is -3.76. The number of aromatic hydroxyl groups is 2. The molecule has 0 spiro atoms. The lowest BCUT2D eigenvalue weighted by Crippen LogP contribution is -2.04. The van der Waals surface area contributed by atoms with Crippen molar-refractivity contribution in [1.29, 1.82) is 0 Å². The Bertz CT molecular complexity index is 2230. The van der Waals surface area contributed by atoms with E-state index in [1.54, 1.807) is 0 Å². The second-order valence-electron chi connectivity index (χ2n) is 8.04. The minimum absolute atomic E-state index is 0.103. The third kappa shape index (κ3) is 5.59. The van der Waals surface area contributed by atoms with E-state index in [0.29, 0.717) is 24.3 Å². The highest BCUT2D eigenvalue weighted by molar-refractivity contribution is 7.87. The molecule has 4 rings (SSSR count). The van der Waals surface area contributed by atoms with Crippen LogP contribution in [0.15, 0.2) is 78.3 Å². The van der Waals surface area contributed by atoms with Crippen LogP contribution in [0, 0.1) is 0 Å². The van der Waals surface area contributed by atoms with Crippen LogP contribution in [-0.2, 0) is 40.5 Å². The molecule has 16 nitrogen and oxygen atoms in total. The average molecular weight is 635 g/mol. The molecule has 0 aliphatic rings. The molecule has 0 radical (unpaired) electrons. The van der Waals surface area contributed by atoms with Crippen molar-refractivity contribution in [3.05, 3.63) is 48.5 Å². The maximum atomic E-state index is 12.0. The molecule has 40 heavy (non-hydrogen) atoms. The normalized spacial score (nSPS) is 13.4. The fraction of sp³-hybridized carbons (Fsp3) is 0. The first-order valence-electron chi connectivity index (χ1n) is 10.1. The summed E-state index contributed by atoms with van der Waals surface area (Å²) in [5.41, 5.74) is -1.20. The van der Waals surface area contributed by atoms with Crippen LogP contribution in [0.2, 0.25) is 0 Å². The van der Waals surface area contributed by atoms with Gasteiger partial charge in [0.2, 0.25) is 0 Å². The largest absolute Gasteiger partial charge is 0.507 e. The number of hydrogen-bond donors (Lipinski definition) is 6. The van der Waals surface area contributed by atoms with Crippen LogP contribution >= 0.6 is 0 Å². The monoisotopic (exact) mass is 634 g/mol. The summed E-state index contributed by atoms with van der Waals surface area (Å²) < 4.78 is 131. The first-order valence-corrected chi connectivity index (χ1v) is 15.9. The molecule has 4 aromatic carbocycles. The van der Waals surface area contributed by atoms with Gasteiger partial charge in [0, 0.05) is 11.5 Å². The first kappa shape index (κ1) is 29.2. The Morgan fingerprint density at radius 3 is 1.65 bits per heavy atom. The smallest absolute Gasteiger partial charge is 0.296 e. The lowest BCUT2D eigenvalue weighted by atomic mass is 10.1. The molecular weight excluding hydrogens is 620 g/mol. The van der Waals surface area contributed by atoms with Gasteiger partial charge >= 0.3 is 0 Å². The summed E-state index contributed by atoms with van der Waals surface area (Å²) in [6.07, 6.45) is 0. The molecule has 0 aliphatic heterocycles. The minimum atomic E-state index is -5.19. The topological polar surface area (TPSA) is 283 Å². The summed E-state index contributed by atoms with van der Waals surface area (Å²) in [6.45, 7) is 0. The summed E-state index contributed by atoms with van der Waals surface area (Å²) in [6, 6.07) is 6.43. The SMILES string of the molecule is O=S(=O)(O)c1cc(S(=O)(=O)O)c2cc(N=Nc3c(S(=O)(=O)O)cc4cc(S(=O)(=O)O)cc(O)c4c3O)ccc2c1. The average Bonchev–Trinajstić information content (AvgIpc) is 2.79. The number of rotatable bonds is 6. The van der Waals surface area contributed by atoms with Crippen LogP contribution in [0.5, 0.6) is 11.5 Å². The zero-order valence-corrected chi connectivity index (χ0v) is 22.4. The van der Waals surface area contributed by atoms with Crippen molar-refractivity contribution < 1.29 is 62.1 Å². The van der Waals surface area contributed by atoms with Gasteiger partial charge in [-0.25, -0.2) is 0 Å². The number of hydrogen-bond acceptors (Lipinski definition) is 12. The summed E-state index contributed by atoms with van der Waals surface area (Å²) in [7, 11) is -20.0. The number of fused-ring (bicyclic) bond motifs is 2. The van der Waals surface area contributed by atoms with Gasteiger partial charge in [-0.2, -0.15) is 38.8 Å². The van der Waals surface area contributed by atoms with Crippen LogP contribution in [0.25, 0.3) is 21.5 Å². The first-order chi connectivity index (χ1) is 18.2. The van der Waals surface area contributed by atoms with Gasteiger partial charge in [0.1, 0.15) is 21.2 Å². The van der Waals surface area contributed by atoms with Gasteiger partial charge < -0.3 is 10.2 Å². The standard InChI is InChI=1S/C20H14N2O14S4/c23-15-7-12(37(25,26)27)4-10-5-17(40(34,35)36)19(20(24)18(10)15)22-21-11-2-1-9-3-13(38(28,29)30)8-16(14(9)6-11)39(31,32)33/h1-8,23-24H,(H,25,26,27)(H,28,29,30)(H,31,32,33)(H,34,35,36). The molecule has 0 heterocycles. The van der Waals surface area contributed by atoms with E-state index in [9.17, 15) is 62.1 Å². The quantitative estimate of drug-likeness (QED) is 0.131. The maximum absolute atomic E-state index is 12.0. The van der Waals surface area contributed by atoms with E-state index in [4.69, 9.17) is 0 Å². The van der Waals surface area contributed by atoms with Gasteiger partial charge in [0.15, 0.2) is 5.75 Å². The molecule has 0 aliphatic carbocycles. The second-order valence-corrected chi connectivity index (χ2v) is 13.7. The number of nitrogens with zero attached hydrogens (tertiary/aromatic N) is 2. The lowest BCUT2D eigenvalue weighted by molar-refractivity contribution is 0.457. The van der Waals surface area contributed by atoms with E-state index in [0.717, 1.165) is 24.3 Å². The Kier molecular flexibility index (Phi) is 6.88. The van der Waals surface area contributed by atoms with Gasteiger partial charge in [0.05, 0.1) is 20.9 Å². The summed E-state index contributed by atoms with van der Waals surface area (Å²) in [5.74, 6) is -2.02. The van der Waals surface area contributed by atoms with Gasteiger partial charge in [-0.1, -0.05) is 6.07 Å². The van der Waals surface area contributed by atoms with Crippen molar-refractivity contribution in [1.82, 2.24) is 0 Å². The molecule has 212 valence electrons. The van der Waals surface area contributed by atoms with Crippen molar-refractivity contribution in [2.45, 2.75) is 19.6 Å². The highest BCUT2D eigenvalue weighted by Gasteiger charge is 2.26. The Labute approximate surface area is 224 Å². The van der Waals surface area contributed by atoms with Crippen molar-refractivity contribution in [3.63, 3.8) is 0 Å². The van der Waals surface area contributed by atoms with Crippen LogP contribution < -0.4 is 0 Å². The molecule has 6 N–H and O–H groups in total. The molecule has 0 aromatic heterocycles. The highest BCUT2D eigenvalue weighted by atomic mass is 32.2. The molecule has 20 heteroatoms. The molecular formula is C20H14N2O14S4. The van der Waals surface area contributed by atoms with Crippen LogP contribution in [-0.4, -0.2) is 62.1 Å². The lowest BCUT2D eigenvalue weighted by Gasteiger charge is -2.11. The fourth-order valence-electron chi connectivity index (χ4n) is 3.70. The zero-order valence-electron chi connectivity index (χ0n) is 19.1. The maximum Gasteiger partial charge on any atom is 0.296 e. The van der Waals surface area contributed by atoms with E-state index in [1.807, 2.05) is 0 Å². The predicted molar refractivity (Wildman–Crippen MR) is 135 cm³/mol. The molecule has 0 saturated carbocycles. The summed E-state index contributed by atoms with van der Waals surface area (Å²) in [5, 5.41) is 26.8. The zero-order chi connectivity index (χ0) is 30.0. The van der Waals surface area contributed by atoms with Gasteiger partial charge in [-0.3, -0.25) is 18.2 Å². The van der Waals surface area contributed by atoms with Crippen molar-refractivity contribution in [2.24, 2.45) is 10.2 Å².